The van der Waals surface area contributed by atoms with Crippen LogP contribution in [-0.4, -0.2) is 19.5 Å². The molecule has 6 nitrogen and oxygen atoms in total. The molecule has 0 saturated carbocycles. The molecule has 1 unspecified atom stereocenters. The van der Waals surface area contributed by atoms with Gasteiger partial charge >= 0.3 is 5.97 Å². The average molecular weight is 315 g/mol. The standard InChI is InChI=1S/C12H13NO5S2/c1-7-6-10(19-11(7)12(14)15)20(16,17)13-8(2)9-4-3-5-18-9/h3-6,8,13H,1-2H3,(H,14,15). The zero-order valence-corrected chi connectivity index (χ0v) is 12.4. The SMILES string of the molecule is Cc1cc(S(=O)(=O)NC(C)c2ccco2)sc1C(=O)O. The van der Waals surface area contributed by atoms with Gasteiger partial charge in [0.15, 0.2) is 0 Å². The highest BCUT2D eigenvalue weighted by Gasteiger charge is 2.24. The van der Waals surface area contributed by atoms with Crippen LogP contribution in [-0.2, 0) is 10.0 Å². The number of hydrogen-bond donors (Lipinski definition) is 2. The first-order chi connectivity index (χ1) is 9.31. The van der Waals surface area contributed by atoms with Crippen molar-refractivity contribution in [3.8, 4) is 0 Å². The maximum Gasteiger partial charge on any atom is 0.346 e. The lowest BCUT2D eigenvalue weighted by atomic mass is 10.3. The van der Waals surface area contributed by atoms with Gasteiger partial charge in [0.05, 0.1) is 12.3 Å². The Kier molecular flexibility index (Phi) is 3.98. The van der Waals surface area contributed by atoms with Crippen LogP contribution in [0.2, 0.25) is 0 Å². The van der Waals surface area contributed by atoms with E-state index in [9.17, 15) is 13.2 Å². The lowest BCUT2D eigenvalue weighted by Gasteiger charge is -2.10. The van der Waals surface area contributed by atoms with E-state index >= 15 is 0 Å². The number of furan rings is 1. The monoisotopic (exact) mass is 315 g/mol. The van der Waals surface area contributed by atoms with Gasteiger partial charge in [-0.2, -0.15) is 0 Å². The third-order valence-corrected chi connectivity index (χ3v) is 5.90. The molecule has 0 spiro atoms. The van der Waals surface area contributed by atoms with E-state index in [2.05, 4.69) is 4.72 Å². The number of nitrogens with one attached hydrogen (secondary N) is 1. The lowest BCUT2D eigenvalue weighted by Crippen LogP contribution is -2.25. The van der Waals surface area contributed by atoms with Gasteiger partial charge in [-0.1, -0.05) is 0 Å². The highest BCUT2D eigenvalue weighted by atomic mass is 32.2. The van der Waals surface area contributed by atoms with Crippen molar-refractivity contribution in [3.63, 3.8) is 0 Å². The average Bonchev–Trinajstić information content (AvgIpc) is 2.96. The number of aromatic carboxylic acids is 1. The second kappa shape index (κ2) is 5.39. The Morgan fingerprint density at radius 1 is 1.50 bits per heavy atom. The maximum absolute atomic E-state index is 12.2. The van der Waals surface area contributed by atoms with Crippen LogP contribution in [0.25, 0.3) is 0 Å². The molecule has 8 heteroatoms. The van der Waals surface area contributed by atoms with Crippen molar-refractivity contribution in [2.75, 3.05) is 0 Å². The maximum atomic E-state index is 12.2. The number of rotatable bonds is 5. The fraction of sp³-hybridized carbons (Fsp3) is 0.250. The number of thiophene rings is 1. The predicted molar refractivity (Wildman–Crippen MR) is 73.5 cm³/mol. The molecule has 1 atom stereocenters. The van der Waals surface area contributed by atoms with Crippen LogP contribution in [0.4, 0.5) is 0 Å². The van der Waals surface area contributed by atoms with Crippen LogP contribution in [0.3, 0.4) is 0 Å². The van der Waals surface area contributed by atoms with Crippen molar-refractivity contribution < 1.29 is 22.7 Å². The number of sulfonamides is 1. The molecule has 2 aromatic heterocycles. The van der Waals surface area contributed by atoms with Gasteiger partial charge < -0.3 is 9.52 Å². The molecule has 0 aliphatic rings. The first-order valence-corrected chi connectivity index (χ1v) is 8.00. The van der Waals surface area contributed by atoms with Crippen LogP contribution in [0, 0.1) is 6.92 Å². The molecule has 0 aliphatic carbocycles. The topological polar surface area (TPSA) is 96.6 Å². The number of aryl methyl sites for hydroxylation is 1. The summed E-state index contributed by atoms with van der Waals surface area (Å²) in [5.41, 5.74) is 0.425. The van der Waals surface area contributed by atoms with Gasteiger partial charge in [-0.3, -0.25) is 0 Å². The Labute approximate surface area is 120 Å². The summed E-state index contributed by atoms with van der Waals surface area (Å²) in [5, 5.41) is 8.96. The van der Waals surface area contributed by atoms with Crippen molar-refractivity contribution in [1.82, 2.24) is 4.72 Å². The van der Waals surface area contributed by atoms with E-state index in [1.54, 1.807) is 26.0 Å². The summed E-state index contributed by atoms with van der Waals surface area (Å²) in [6.45, 7) is 3.21. The zero-order valence-electron chi connectivity index (χ0n) is 10.8. The summed E-state index contributed by atoms with van der Waals surface area (Å²) >= 11 is 0.733. The van der Waals surface area contributed by atoms with Crippen molar-refractivity contribution in [2.24, 2.45) is 0 Å². The molecule has 0 saturated heterocycles. The third-order valence-electron chi connectivity index (χ3n) is 2.66. The van der Waals surface area contributed by atoms with Gasteiger partial charge in [0.25, 0.3) is 10.0 Å². The molecule has 0 fully saturated rings. The fourth-order valence-electron chi connectivity index (χ4n) is 1.68. The molecular formula is C12H13NO5S2. The first kappa shape index (κ1) is 14.8. The van der Waals surface area contributed by atoms with E-state index in [1.165, 1.54) is 12.3 Å². The van der Waals surface area contributed by atoms with Crippen molar-refractivity contribution in [2.45, 2.75) is 24.1 Å². The molecule has 0 radical (unpaired) electrons. The smallest absolute Gasteiger partial charge is 0.346 e. The molecule has 0 aromatic carbocycles. The Bertz CT molecular complexity index is 715. The largest absolute Gasteiger partial charge is 0.477 e. The summed E-state index contributed by atoms with van der Waals surface area (Å²) in [7, 11) is -3.78. The van der Waals surface area contributed by atoms with Crippen molar-refractivity contribution in [3.05, 3.63) is 40.7 Å². The van der Waals surface area contributed by atoms with E-state index in [-0.39, 0.29) is 9.09 Å². The molecule has 2 heterocycles. The van der Waals surface area contributed by atoms with E-state index in [1.807, 2.05) is 0 Å². The third kappa shape index (κ3) is 2.92. The molecule has 0 aliphatic heterocycles. The number of carboxylic acid groups (broad SMARTS) is 1. The lowest BCUT2D eigenvalue weighted by molar-refractivity contribution is 0.0701. The van der Waals surface area contributed by atoms with Crippen LogP contribution < -0.4 is 4.72 Å². The Morgan fingerprint density at radius 2 is 2.20 bits per heavy atom. The molecule has 108 valence electrons. The van der Waals surface area contributed by atoms with Gasteiger partial charge in [-0.25, -0.2) is 17.9 Å². The van der Waals surface area contributed by atoms with Crippen molar-refractivity contribution in [1.29, 1.82) is 0 Å². The molecule has 0 amide bonds. The van der Waals surface area contributed by atoms with Crippen LogP contribution >= 0.6 is 11.3 Å². The Morgan fingerprint density at radius 3 is 2.70 bits per heavy atom. The molecule has 2 aromatic rings. The predicted octanol–water partition coefficient (Wildman–Crippen LogP) is 2.39. The van der Waals surface area contributed by atoms with Gasteiger partial charge in [-0.05, 0) is 37.6 Å². The quantitative estimate of drug-likeness (QED) is 0.883. The van der Waals surface area contributed by atoms with Crippen LogP contribution in [0.5, 0.6) is 0 Å². The number of hydrogen-bond acceptors (Lipinski definition) is 5. The molecule has 0 bridgehead atoms. The van der Waals surface area contributed by atoms with Crippen LogP contribution in [0.15, 0.2) is 33.1 Å². The second-order valence-electron chi connectivity index (χ2n) is 4.24. The molecular weight excluding hydrogens is 302 g/mol. The van der Waals surface area contributed by atoms with Gasteiger partial charge in [0, 0.05) is 0 Å². The van der Waals surface area contributed by atoms with E-state index in [4.69, 9.17) is 9.52 Å². The first-order valence-electron chi connectivity index (χ1n) is 5.70. The number of carboxylic acids is 1. The fourth-order valence-corrected chi connectivity index (χ4v) is 4.29. The van der Waals surface area contributed by atoms with E-state index in [0.29, 0.717) is 11.3 Å². The Hall–Kier alpha value is -1.64. The van der Waals surface area contributed by atoms with Crippen molar-refractivity contribution >= 4 is 27.3 Å². The minimum absolute atomic E-state index is 0.0224. The summed E-state index contributed by atoms with van der Waals surface area (Å²) in [6.07, 6.45) is 1.46. The summed E-state index contributed by atoms with van der Waals surface area (Å²) in [6, 6.07) is 4.14. The Balaban J connectivity index is 2.27. The van der Waals surface area contributed by atoms with E-state index < -0.39 is 22.0 Å². The van der Waals surface area contributed by atoms with Gasteiger partial charge in [-0.15, -0.1) is 11.3 Å². The van der Waals surface area contributed by atoms with Crippen LogP contribution in [0.1, 0.15) is 34.0 Å². The minimum Gasteiger partial charge on any atom is -0.477 e. The summed E-state index contributed by atoms with van der Waals surface area (Å²) in [4.78, 5) is 11.0. The molecule has 2 rings (SSSR count). The highest BCUT2D eigenvalue weighted by Crippen LogP contribution is 2.27. The second-order valence-corrected chi connectivity index (χ2v) is 7.23. The van der Waals surface area contributed by atoms with E-state index in [0.717, 1.165) is 11.3 Å². The van der Waals surface area contributed by atoms with Gasteiger partial charge in [0.1, 0.15) is 14.8 Å². The highest BCUT2D eigenvalue weighted by molar-refractivity contribution is 7.91. The number of carbonyl (C=O) groups is 1. The summed E-state index contributed by atoms with van der Waals surface area (Å²) in [5.74, 6) is -0.645. The molecule has 20 heavy (non-hydrogen) atoms. The summed E-state index contributed by atoms with van der Waals surface area (Å²) < 4.78 is 31.9. The zero-order chi connectivity index (χ0) is 14.9. The minimum atomic E-state index is -3.78. The molecule has 2 N–H and O–H groups in total. The normalized spacial score (nSPS) is 13.3. The van der Waals surface area contributed by atoms with Gasteiger partial charge in [0.2, 0.25) is 0 Å².